The molecular weight excluding hydrogens is 258 g/mol. The summed E-state index contributed by atoms with van der Waals surface area (Å²) in [7, 11) is 0. The number of aryl methyl sites for hydroxylation is 1. The second kappa shape index (κ2) is 7.26. The van der Waals surface area contributed by atoms with E-state index in [0.29, 0.717) is 0 Å². The molecule has 0 spiro atoms. The van der Waals surface area contributed by atoms with Crippen molar-refractivity contribution in [3.8, 4) is 0 Å². The summed E-state index contributed by atoms with van der Waals surface area (Å²) in [6.45, 7) is 10.8. The van der Waals surface area contributed by atoms with Crippen molar-refractivity contribution in [2.75, 3.05) is 6.54 Å². The highest BCUT2D eigenvalue weighted by atomic mass is 15.3. The molecule has 3 heteroatoms. The minimum Gasteiger partial charge on any atom is -0.308 e. The van der Waals surface area contributed by atoms with Crippen molar-refractivity contribution in [2.24, 2.45) is 5.92 Å². The van der Waals surface area contributed by atoms with Crippen LogP contribution >= 0.6 is 0 Å². The Labute approximate surface area is 129 Å². The lowest BCUT2D eigenvalue weighted by Crippen LogP contribution is -2.38. The summed E-state index contributed by atoms with van der Waals surface area (Å²) in [4.78, 5) is 0. The van der Waals surface area contributed by atoms with E-state index in [9.17, 15) is 0 Å². The summed E-state index contributed by atoms with van der Waals surface area (Å²) in [6.07, 6.45) is 13.4. The Bertz CT molecular complexity index is 459. The van der Waals surface area contributed by atoms with Crippen LogP contribution < -0.4 is 5.32 Å². The first-order chi connectivity index (χ1) is 9.98. The van der Waals surface area contributed by atoms with Gasteiger partial charge in [0.25, 0.3) is 0 Å². The maximum Gasteiger partial charge on any atom is 0.0562 e. The molecule has 0 aromatic carbocycles. The van der Waals surface area contributed by atoms with Crippen LogP contribution in [0.1, 0.15) is 65.4 Å². The third kappa shape index (κ3) is 5.31. The largest absolute Gasteiger partial charge is 0.308 e. The predicted molar refractivity (Wildman–Crippen MR) is 90.2 cm³/mol. The molecule has 2 rings (SSSR count). The Morgan fingerprint density at radius 3 is 2.62 bits per heavy atom. The van der Waals surface area contributed by atoms with Crippen LogP contribution in [0, 0.1) is 5.92 Å². The van der Waals surface area contributed by atoms with Gasteiger partial charge in [-0.2, -0.15) is 5.10 Å². The van der Waals surface area contributed by atoms with Crippen LogP contribution in [0.3, 0.4) is 0 Å². The molecule has 0 amide bonds. The molecule has 0 atom stereocenters. The van der Waals surface area contributed by atoms with Crippen molar-refractivity contribution in [2.45, 2.75) is 71.9 Å². The molecule has 1 aromatic heterocycles. The molecule has 0 radical (unpaired) electrons. The number of hydrogen-bond donors (Lipinski definition) is 1. The highest BCUT2D eigenvalue weighted by molar-refractivity contribution is 5.52. The van der Waals surface area contributed by atoms with E-state index in [1.165, 1.54) is 37.7 Å². The number of nitrogens with one attached hydrogen (secondary N) is 1. The summed E-state index contributed by atoms with van der Waals surface area (Å²) in [6, 6.07) is 0. The van der Waals surface area contributed by atoms with Gasteiger partial charge < -0.3 is 5.32 Å². The SMILES string of the molecule is CCn1cc(/C=C(/CNC(C)(C)C)C2CCCCC2)cn1. The summed E-state index contributed by atoms with van der Waals surface area (Å²) < 4.78 is 2.00. The van der Waals surface area contributed by atoms with Gasteiger partial charge in [0.1, 0.15) is 0 Å². The van der Waals surface area contributed by atoms with E-state index < -0.39 is 0 Å². The van der Waals surface area contributed by atoms with Crippen molar-refractivity contribution in [1.29, 1.82) is 0 Å². The van der Waals surface area contributed by atoms with Gasteiger partial charge in [-0.05, 0) is 46.5 Å². The molecule has 1 aliphatic carbocycles. The van der Waals surface area contributed by atoms with E-state index in [-0.39, 0.29) is 5.54 Å². The van der Waals surface area contributed by atoms with Crippen LogP contribution in [0.4, 0.5) is 0 Å². The Kier molecular flexibility index (Phi) is 5.63. The molecule has 0 saturated heterocycles. The van der Waals surface area contributed by atoms with E-state index in [4.69, 9.17) is 0 Å². The van der Waals surface area contributed by atoms with Crippen LogP contribution in [-0.2, 0) is 6.54 Å². The third-order valence-electron chi connectivity index (χ3n) is 4.28. The summed E-state index contributed by atoms with van der Waals surface area (Å²) in [5, 5.41) is 8.06. The van der Waals surface area contributed by atoms with E-state index in [0.717, 1.165) is 19.0 Å². The van der Waals surface area contributed by atoms with Crippen molar-refractivity contribution in [3.05, 3.63) is 23.5 Å². The fourth-order valence-electron chi connectivity index (χ4n) is 2.99. The van der Waals surface area contributed by atoms with Gasteiger partial charge in [0.05, 0.1) is 6.20 Å². The predicted octanol–water partition coefficient (Wildman–Crippen LogP) is 4.25. The van der Waals surface area contributed by atoms with Crippen LogP contribution in [0.25, 0.3) is 6.08 Å². The second-order valence-electron chi connectivity index (χ2n) is 7.29. The van der Waals surface area contributed by atoms with Crippen molar-refractivity contribution >= 4 is 6.08 Å². The molecular formula is C18H31N3. The van der Waals surface area contributed by atoms with E-state index in [1.54, 1.807) is 5.57 Å². The van der Waals surface area contributed by atoms with Gasteiger partial charge in [-0.3, -0.25) is 4.68 Å². The minimum absolute atomic E-state index is 0.168. The molecule has 1 N–H and O–H groups in total. The molecule has 1 aromatic rings. The maximum absolute atomic E-state index is 4.39. The van der Waals surface area contributed by atoms with E-state index in [2.05, 4.69) is 50.4 Å². The molecule has 21 heavy (non-hydrogen) atoms. The van der Waals surface area contributed by atoms with Crippen LogP contribution in [0.2, 0.25) is 0 Å². The fraction of sp³-hybridized carbons (Fsp3) is 0.722. The summed E-state index contributed by atoms with van der Waals surface area (Å²) in [5.41, 5.74) is 2.97. The van der Waals surface area contributed by atoms with Crippen molar-refractivity contribution in [1.82, 2.24) is 15.1 Å². The van der Waals surface area contributed by atoms with Crippen LogP contribution in [-0.4, -0.2) is 21.9 Å². The molecule has 0 aliphatic heterocycles. The monoisotopic (exact) mass is 289 g/mol. The average Bonchev–Trinajstić information content (AvgIpc) is 2.91. The second-order valence-corrected chi connectivity index (χ2v) is 7.29. The first-order valence-electron chi connectivity index (χ1n) is 8.46. The quantitative estimate of drug-likeness (QED) is 0.878. The number of aromatic nitrogens is 2. The Morgan fingerprint density at radius 1 is 1.33 bits per heavy atom. The lowest BCUT2D eigenvalue weighted by molar-refractivity contribution is 0.378. The molecule has 0 bridgehead atoms. The molecule has 1 aliphatic rings. The first kappa shape index (κ1) is 16.3. The number of rotatable bonds is 5. The summed E-state index contributed by atoms with van der Waals surface area (Å²) >= 11 is 0. The molecule has 0 unspecified atom stereocenters. The maximum atomic E-state index is 4.39. The van der Waals surface area contributed by atoms with Crippen LogP contribution in [0.5, 0.6) is 0 Å². The van der Waals surface area contributed by atoms with Gasteiger partial charge in [0.15, 0.2) is 0 Å². The first-order valence-corrected chi connectivity index (χ1v) is 8.46. The smallest absolute Gasteiger partial charge is 0.0562 e. The molecule has 1 heterocycles. The van der Waals surface area contributed by atoms with Gasteiger partial charge >= 0.3 is 0 Å². The summed E-state index contributed by atoms with van der Waals surface area (Å²) in [5.74, 6) is 0.749. The van der Waals surface area contributed by atoms with Gasteiger partial charge in [-0.15, -0.1) is 0 Å². The lowest BCUT2D eigenvalue weighted by Gasteiger charge is -2.28. The van der Waals surface area contributed by atoms with Gasteiger partial charge in [-0.1, -0.05) is 30.9 Å². The lowest BCUT2D eigenvalue weighted by atomic mass is 9.83. The highest BCUT2D eigenvalue weighted by Gasteiger charge is 2.19. The zero-order chi connectivity index (χ0) is 15.3. The number of hydrogen-bond acceptors (Lipinski definition) is 2. The van der Waals surface area contributed by atoms with E-state index >= 15 is 0 Å². The Hall–Kier alpha value is -1.09. The fourth-order valence-corrected chi connectivity index (χ4v) is 2.99. The Morgan fingerprint density at radius 2 is 2.05 bits per heavy atom. The minimum atomic E-state index is 0.168. The van der Waals surface area contributed by atoms with Crippen molar-refractivity contribution < 1.29 is 0 Å². The van der Waals surface area contributed by atoms with Crippen LogP contribution in [0.15, 0.2) is 18.0 Å². The molecule has 118 valence electrons. The molecule has 1 fully saturated rings. The van der Waals surface area contributed by atoms with Crippen molar-refractivity contribution in [3.63, 3.8) is 0 Å². The van der Waals surface area contributed by atoms with Gasteiger partial charge in [0.2, 0.25) is 0 Å². The standard InChI is InChI=1S/C18H31N3/c1-5-21-14-15(12-20-21)11-17(13-19-18(2,3)4)16-9-7-6-8-10-16/h11-12,14,16,19H,5-10,13H2,1-4H3/b17-11-. The molecule has 3 nitrogen and oxygen atoms in total. The average molecular weight is 289 g/mol. The van der Waals surface area contributed by atoms with Gasteiger partial charge in [-0.25, -0.2) is 0 Å². The zero-order valence-corrected chi connectivity index (χ0v) is 14.2. The number of nitrogens with zero attached hydrogens (tertiary/aromatic N) is 2. The normalized spacial score (nSPS) is 18.2. The molecule has 1 saturated carbocycles. The zero-order valence-electron chi connectivity index (χ0n) is 14.2. The van der Waals surface area contributed by atoms with E-state index in [1.807, 2.05) is 10.9 Å². The highest BCUT2D eigenvalue weighted by Crippen LogP contribution is 2.30. The third-order valence-corrected chi connectivity index (χ3v) is 4.28. The van der Waals surface area contributed by atoms with Gasteiger partial charge in [0, 0.05) is 30.4 Å². The topological polar surface area (TPSA) is 29.9 Å². The Balaban J connectivity index is 2.13.